The molecule has 0 saturated carbocycles. The molecule has 3 aromatic rings. The zero-order chi connectivity index (χ0) is 17.8. The van der Waals surface area contributed by atoms with E-state index in [1.807, 2.05) is 43.3 Å². The highest BCUT2D eigenvalue weighted by molar-refractivity contribution is 6.30. The minimum Gasteiger partial charge on any atom is -0.355 e. The van der Waals surface area contributed by atoms with E-state index in [4.69, 9.17) is 11.6 Å². The number of nitrogens with one attached hydrogen (secondary N) is 2. The van der Waals surface area contributed by atoms with Gasteiger partial charge in [-0.25, -0.2) is 0 Å². The number of benzene rings is 2. The van der Waals surface area contributed by atoms with Crippen molar-refractivity contribution >= 4 is 28.4 Å². The van der Waals surface area contributed by atoms with Gasteiger partial charge in [-0.3, -0.25) is 9.59 Å². The lowest BCUT2D eigenvalue weighted by molar-refractivity contribution is -0.120. The van der Waals surface area contributed by atoms with Gasteiger partial charge in [-0.1, -0.05) is 41.9 Å². The molecule has 0 saturated heterocycles. The van der Waals surface area contributed by atoms with Crippen LogP contribution in [0, 0.1) is 6.92 Å². The number of carbonyl (C=O) groups is 1. The van der Waals surface area contributed by atoms with E-state index in [1.54, 1.807) is 12.1 Å². The smallest absolute Gasteiger partial charge is 0.251 e. The number of aromatic amines is 1. The van der Waals surface area contributed by atoms with E-state index in [-0.39, 0.29) is 11.5 Å². The Hall–Kier alpha value is -2.59. The second-order valence-corrected chi connectivity index (χ2v) is 6.50. The first kappa shape index (κ1) is 17.2. The van der Waals surface area contributed by atoms with Crippen LogP contribution in [0.2, 0.25) is 5.02 Å². The third-order valence-corrected chi connectivity index (χ3v) is 4.41. The SMILES string of the molecule is Cc1cccc2cc(CCNC(=O)Cc3ccc(Cl)cc3)c(=O)[nH]c12. The average Bonchev–Trinajstić information content (AvgIpc) is 2.58. The molecule has 0 fully saturated rings. The lowest BCUT2D eigenvalue weighted by Gasteiger charge is -2.07. The highest BCUT2D eigenvalue weighted by Gasteiger charge is 2.07. The summed E-state index contributed by atoms with van der Waals surface area (Å²) in [6.45, 7) is 2.39. The number of pyridine rings is 1. The van der Waals surface area contributed by atoms with Crippen LogP contribution in [0.3, 0.4) is 0 Å². The van der Waals surface area contributed by atoms with E-state index in [0.717, 1.165) is 22.0 Å². The van der Waals surface area contributed by atoms with Gasteiger partial charge in [0, 0.05) is 17.1 Å². The molecule has 0 bridgehead atoms. The molecular formula is C20H19ClN2O2. The molecule has 3 rings (SSSR count). The first-order valence-corrected chi connectivity index (χ1v) is 8.53. The van der Waals surface area contributed by atoms with Crippen molar-refractivity contribution in [3.05, 3.63) is 80.6 Å². The summed E-state index contributed by atoms with van der Waals surface area (Å²) in [4.78, 5) is 27.1. The van der Waals surface area contributed by atoms with Gasteiger partial charge < -0.3 is 10.3 Å². The number of H-pyrrole nitrogens is 1. The molecule has 0 atom stereocenters. The van der Waals surface area contributed by atoms with Gasteiger partial charge >= 0.3 is 0 Å². The number of hydrogen-bond donors (Lipinski definition) is 2. The van der Waals surface area contributed by atoms with Gasteiger partial charge in [0.2, 0.25) is 5.91 Å². The van der Waals surface area contributed by atoms with Crippen LogP contribution in [0.5, 0.6) is 0 Å². The Labute approximate surface area is 150 Å². The number of aryl methyl sites for hydroxylation is 1. The zero-order valence-corrected chi connectivity index (χ0v) is 14.7. The Kier molecular flexibility index (Phi) is 5.19. The van der Waals surface area contributed by atoms with Gasteiger partial charge in [-0.05, 0) is 48.1 Å². The number of rotatable bonds is 5. The monoisotopic (exact) mass is 354 g/mol. The van der Waals surface area contributed by atoms with Crippen molar-refractivity contribution in [3.63, 3.8) is 0 Å². The second-order valence-electron chi connectivity index (χ2n) is 6.07. The molecule has 1 amide bonds. The first-order valence-electron chi connectivity index (χ1n) is 8.15. The maximum Gasteiger partial charge on any atom is 0.251 e. The molecule has 4 nitrogen and oxygen atoms in total. The molecule has 0 aliphatic heterocycles. The van der Waals surface area contributed by atoms with Crippen molar-refractivity contribution < 1.29 is 4.79 Å². The Bertz CT molecular complexity index is 962. The number of aromatic nitrogens is 1. The van der Waals surface area contributed by atoms with E-state index < -0.39 is 0 Å². The Balaban J connectivity index is 1.61. The lowest BCUT2D eigenvalue weighted by Crippen LogP contribution is -2.28. The van der Waals surface area contributed by atoms with E-state index >= 15 is 0 Å². The van der Waals surface area contributed by atoms with Crippen LogP contribution < -0.4 is 10.9 Å². The van der Waals surface area contributed by atoms with Crippen LogP contribution in [0.4, 0.5) is 0 Å². The Morgan fingerprint density at radius 1 is 1.16 bits per heavy atom. The molecule has 128 valence electrons. The summed E-state index contributed by atoms with van der Waals surface area (Å²) in [5.41, 5.74) is 3.38. The number of carbonyl (C=O) groups excluding carboxylic acids is 1. The summed E-state index contributed by atoms with van der Waals surface area (Å²) in [6.07, 6.45) is 0.788. The Morgan fingerprint density at radius 3 is 2.68 bits per heavy atom. The van der Waals surface area contributed by atoms with Crippen LogP contribution in [0.1, 0.15) is 16.7 Å². The molecule has 1 aromatic heterocycles. The number of fused-ring (bicyclic) bond motifs is 1. The van der Waals surface area contributed by atoms with Crippen molar-refractivity contribution in [2.24, 2.45) is 0 Å². The summed E-state index contributed by atoms with van der Waals surface area (Å²) in [5.74, 6) is -0.0737. The normalized spacial score (nSPS) is 10.8. The fourth-order valence-electron chi connectivity index (χ4n) is 2.80. The van der Waals surface area contributed by atoms with Crippen LogP contribution in [-0.2, 0) is 17.6 Å². The zero-order valence-electron chi connectivity index (χ0n) is 13.9. The largest absolute Gasteiger partial charge is 0.355 e. The van der Waals surface area contributed by atoms with E-state index in [2.05, 4.69) is 10.3 Å². The molecule has 0 spiro atoms. The third-order valence-electron chi connectivity index (χ3n) is 4.16. The number of hydrogen-bond acceptors (Lipinski definition) is 2. The predicted molar refractivity (Wildman–Crippen MR) is 101 cm³/mol. The van der Waals surface area contributed by atoms with Crippen LogP contribution in [-0.4, -0.2) is 17.4 Å². The topological polar surface area (TPSA) is 62.0 Å². The van der Waals surface area contributed by atoms with Gasteiger partial charge in [0.1, 0.15) is 0 Å². The van der Waals surface area contributed by atoms with Crippen LogP contribution in [0.15, 0.2) is 53.3 Å². The lowest BCUT2D eigenvalue weighted by atomic mass is 10.1. The van der Waals surface area contributed by atoms with Gasteiger partial charge in [-0.2, -0.15) is 0 Å². The van der Waals surface area contributed by atoms with E-state index in [1.165, 1.54) is 0 Å². The quantitative estimate of drug-likeness (QED) is 0.737. The van der Waals surface area contributed by atoms with Gasteiger partial charge in [-0.15, -0.1) is 0 Å². The van der Waals surface area contributed by atoms with Crippen molar-refractivity contribution in [2.45, 2.75) is 19.8 Å². The molecule has 25 heavy (non-hydrogen) atoms. The minimum absolute atomic E-state index is 0.0737. The third kappa shape index (κ3) is 4.28. The molecule has 0 aliphatic carbocycles. The maximum absolute atomic E-state index is 12.2. The second kappa shape index (κ2) is 7.53. The maximum atomic E-state index is 12.2. The van der Waals surface area contributed by atoms with Gasteiger partial charge in [0.15, 0.2) is 0 Å². The fraction of sp³-hybridized carbons (Fsp3) is 0.200. The standard InChI is InChI=1S/C20H19ClN2O2/c1-13-3-2-4-15-12-16(20(25)23-19(13)15)9-10-22-18(24)11-14-5-7-17(21)8-6-14/h2-8,12H,9-11H2,1H3,(H,22,24)(H,23,25). The number of halogens is 1. The average molecular weight is 355 g/mol. The summed E-state index contributed by atoms with van der Waals surface area (Å²) < 4.78 is 0. The van der Waals surface area contributed by atoms with Crippen LogP contribution in [0.25, 0.3) is 10.9 Å². The Morgan fingerprint density at radius 2 is 1.92 bits per heavy atom. The van der Waals surface area contributed by atoms with E-state index in [9.17, 15) is 9.59 Å². The summed E-state index contributed by atoms with van der Waals surface area (Å²) in [6, 6.07) is 15.0. The molecule has 1 heterocycles. The predicted octanol–water partition coefficient (Wildman–Crippen LogP) is 3.39. The summed E-state index contributed by atoms with van der Waals surface area (Å²) in [7, 11) is 0. The molecule has 0 radical (unpaired) electrons. The van der Waals surface area contributed by atoms with Gasteiger partial charge in [0.05, 0.1) is 11.9 Å². The highest BCUT2D eigenvalue weighted by atomic mass is 35.5. The van der Waals surface area contributed by atoms with E-state index in [0.29, 0.717) is 30.0 Å². The summed E-state index contributed by atoms with van der Waals surface area (Å²) >= 11 is 5.83. The summed E-state index contributed by atoms with van der Waals surface area (Å²) in [5, 5.41) is 4.51. The molecule has 0 aliphatic rings. The molecule has 2 N–H and O–H groups in total. The number of para-hydroxylation sites is 1. The molecular weight excluding hydrogens is 336 g/mol. The minimum atomic E-state index is -0.103. The highest BCUT2D eigenvalue weighted by Crippen LogP contribution is 2.15. The molecule has 0 unspecified atom stereocenters. The number of amides is 1. The van der Waals surface area contributed by atoms with Crippen molar-refractivity contribution in [1.29, 1.82) is 0 Å². The van der Waals surface area contributed by atoms with Crippen molar-refractivity contribution in [2.75, 3.05) is 6.54 Å². The first-order chi connectivity index (χ1) is 12.0. The van der Waals surface area contributed by atoms with Gasteiger partial charge in [0.25, 0.3) is 5.56 Å². The molecule has 2 aromatic carbocycles. The van der Waals surface area contributed by atoms with Crippen molar-refractivity contribution in [3.8, 4) is 0 Å². The fourth-order valence-corrected chi connectivity index (χ4v) is 2.93. The van der Waals surface area contributed by atoms with Crippen molar-refractivity contribution in [1.82, 2.24) is 10.3 Å². The van der Waals surface area contributed by atoms with Crippen LogP contribution >= 0.6 is 11.6 Å². The molecule has 5 heteroatoms.